The van der Waals surface area contributed by atoms with E-state index in [-0.39, 0.29) is 24.2 Å². The molecule has 1 aromatic heterocycles. The summed E-state index contributed by atoms with van der Waals surface area (Å²) in [6.45, 7) is 3.18. The molecule has 0 atom stereocenters. The Morgan fingerprint density at radius 1 is 1.22 bits per heavy atom. The van der Waals surface area contributed by atoms with Crippen molar-refractivity contribution in [3.05, 3.63) is 24.3 Å². The molecule has 1 aliphatic rings. The Labute approximate surface area is 162 Å². The van der Waals surface area contributed by atoms with E-state index in [0.29, 0.717) is 18.2 Å². The summed E-state index contributed by atoms with van der Waals surface area (Å²) in [5.41, 5.74) is 0.915. The first-order valence-electron chi connectivity index (χ1n) is 9.17. The fraction of sp³-hybridized carbons (Fsp3) is 0.474. The lowest BCUT2D eigenvalue weighted by molar-refractivity contribution is -0.133. The van der Waals surface area contributed by atoms with E-state index in [2.05, 4.69) is 15.5 Å². The lowest BCUT2D eigenvalue weighted by Crippen LogP contribution is -2.35. The predicted molar refractivity (Wildman–Crippen MR) is 105 cm³/mol. The second kappa shape index (κ2) is 8.94. The molecule has 8 heteroatoms. The van der Waals surface area contributed by atoms with Gasteiger partial charge in [0.15, 0.2) is 0 Å². The molecule has 2 aromatic rings. The second-order valence-electron chi connectivity index (χ2n) is 6.54. The number of benzene rings is 1. The maximum absolute atomic E-state index is 12.2. The van der Waals surface area contributed by atoms with E-state index in [1.807, 2.05) is 31.2 Å². The van der Waals surface area contributed by atoms with Crippen molar-refractivity contribution < 1.29 is 14.3 Å². The summed E-state index contributed by atoms with van der Waals surface area (Å²) in [5.74, 6) is 0.975. The Bertz CT molecular complexity index is 787. The number of rotatable bonds is 9. The van der Waals surface area contributed by atoms with Crippen molar-refractivity contribution in [1.82, 2.24) is 15.1 Å². The van der Waals surface area contributed by atoms with Crippen molar-refractivity contribution in [2.45, 2.75) is 32.6 Å². The average molecular weight is 388 g/mol. The standard InChI is InChI=1S/C19H24N4O3S/c1-3-11-23(18(25)14-4-5-14)12-10-16(24)20-19-22-21-17(27-19)13-6-8-15(26-2)9-7-13/h6-9,14H,3-5,10-12H2,1-2H3,(H,20,22,24). The molecule has 1 aliphatic carbocycles. The summed E-state index contributed by atoms with van der Waals surface area (Å²) in [6, 6.07) is 7.51. The number of nitrogens with zero attached hydrogens (tertiary/aromatic N) is 3. The van der Waals surface area contributed by atoms with Crippen LogP contribution in [0.1, 0.15) is 32.6 Å². The zero-order chi connectivity index (χ0) is 19.2. The normalized spacial score (nSPS) is 13.3. The minimum absolute atomic E-state index is 0.155. The minimum Gasteiger partial charge on any atom is -0.497 e. The predicted octanol–water partition coefficient (Wildman–Crippen LogP) is 3.19. The van der Waals surface area contributed by atoms with E-state index in [1.54, 1.807) is 12.0 Å². The number of carbonyl (C=O) groups excluding carboxylic acids is 2. The van der Waals surface area contributed by atoms with Crippen LogP contribution in [0.3, 0.4) is 0 Å². The zero-order valence-corrected chi connectivity index (χ0v) is 16.4. The van der Waals surface area contributed by atoms with Crippen LogP contribution in [-0.4, -0.2) is 47.1 Å². The molecule has 0 spiro atoms. The fourth-order valence-electron chi connectivity index (χ4n) is 2.73. The summed E-state index contributed by atoms with van der Waals surface area (Å²) in [4.78, 5) is 26.3. The number of anilines is 1. The van der Waals surface area contributed by atoms with Crippen LogP contribution < -0.4 is 10.1 Å². The number of carbonyl (C=O) groups is 2. The van der Waals surface area contributed by atoms with Crippen LogP contribution in [0.4, 0.5) is 5.13 Å². The Morgan fingerprint density at radius 2 is 1.96 bits per heavy atom. The van der Waals surface area contributed by atoms with E-state index in [9.17, 15) is 9.59 Å². The van der Waals surface area contributed by atoms with Gasteiger partial charge in [-0.25, -0.2) is 0 Å². The van der Waals surface area contributed by atoms with Gasteiger partial charge in [-0.15, -0.1) is 10.2 Å². The first kappa shape index (κ1) is 19.3. The Morgan fingerprint density at radius 3 is 2.59 bits per heavy atom. The van der Waals surface area contributed by atoms with Gasteiger partial charge in [-0.2, -0.15) is 0 Å². The number of hydrogen-bond donors (Lipinski definition) is 1. The van der Waals surface area contributed by atoms with Crippen LogP contribution in [-0.2, 0) is 9.59 Å². The SMILES string of the molecule is CCCN(CCC(=O)Nc1nnc(-c2ccc(OC)cc2)s1)C(=O)C1CC1. The van der Waals surface area contributed by atoms with Gasteiger partial charge >= 0.3 is 0 Å². The van der Waals surface area contributed by atoms with Gasteiger partial charge in [-0.1, -0.05) is 18.3 Å². The molecule has 0 radical (unpaired) electrons. The highest BCUT2D eigenvalue weighted by Crippen LogP contribution is 2.31. The summed E-state index contributed by atoms with van der Waals surface area (Å²) in [5, 5.41) is 12.1. The number of aromatic nitrogens is 2. The van der Waals surface area contributed by atoms with Crippen LogP contribution in [0.15, 0.2) is 24.3 Å². The third-order valence-electron chi connectivity index (χ3n) is 4.35. The van der Waals surface area contributed by atoms with Gasteiger partial charge in [-0.05, 0) is 43.5 Å². The molecule has 7 nitrogen and oxygen atoms in total. The molecule has 1 heterocycles. The molecule has 0 aliphatic heterocycles. The minimum atomic E-state index is -0.155. The summed E-state index contributed by atoms with van der Waals surface area (Å²) >= 11 is 1.32. The highest BCUT2D eigenvalue weighted by atomic mass is 32.1. The molecule has 2 amide bonds. The monoisotopic (exact) mass is 388 g/mol. The molecule has 27 heavy (non-hydrogen) atoms. The van der Waals surface area contributed by atoms with E-state index in [1.165, 1.54) is 11.3 Å². The van der Waals surface area contributed by atoms with Crippen LogP contribution in [0, 0.1) is 5.92 Å². The molecule has 1 aromatic carbocycles. The summed E-state index contributed by atoms with van der Waals surface area (Å²) in [6.07, 6.45) is 3.10. The third-order valence-corrected chi connectivity index (χ3v) is 5.24. The van der Waals surface area contributed by atoms with Crippen LogP contribution in [0.25, 0.3) is 10.6 Å². The highest BCUT2D eigenvalue weighted by molar-refractivity contribution is 7.18. The van der Waals surface area contributed by atoms with Crippen LogP contribution in [0.5, 0.6) is 5.75 Å². The molecule has 1 fully saturated rings. The lowest BCUT2D eigenvalue weighted by Gasteiger charge is -2.21. The largest absolute Gasteiger partial charge is 0.497 e. The summed E-state index contributed by atoms with van der Waals surface area (Å²) < 4.78 is 5.14. The molecular formula is C19H24N4O3S. The van der Waals surface area contributed by atoms with Gasteiger partial charge in [0.2, 0.25) is 16.9 Å². The van der Waals surface area contributed by atoms with Gasteiger partial charge in [0.1, 0.15) is 10.8 Å². The van der Waals surface area contributed by atoms with Crippen molar-refractivity contribution >= 4 is 28.3 Å². The van der Waals surface area contributed by atoms with E-state index in [4.69, 9.17) is 4.74 Å². The number of ether oxygens (including phenoxy) is 1. The van der Waals surface area contributed by atoms with E-state index >= 15 is 0 Å². The topological polar surface area (TPSA) is 84.4 Å². The highest BCUT2D eigenvalue weighted by Gasteiger charge is 2.33. The molecule has 1 N–H and O–H groups in total. The van der Waals surface area contributed by atoms with Crippen molar-refractivity contribution in [3.8, 4) is 16.3 Å². The van der Waals surface area contributed by atoms with Crippen molar-refractivity contribution in [2.24, 2.45) is 5.92 Å². The first-order valence-corrected chi connectivity index (χ1v) is 9.99. The van der Waals surface area contributed by atoms with Crippen molar-refractivity contribution in [3.63, 3.8) is 0 Å². The maximum atomic E-state index is 12.2. The second-order valence-corrected chi connectivity index (χ2v) is 7.52. The van der Waals surface area contributed by atoms with Crippen molar-refractivity contribution in [2.75, 3.05) is 25.5 Å². The Hall–Kier alpha value is -2.48. The molecule has 0 unspecified atom stereocenters. The molecule has 1 saturated carbocycles. The number of amides is 2. The molecule has 3 rings (SSSR count). The van der Waals surface area contributed by atoms with E-state index < -0.39 is 0 Å². The quantitative estimate of drug-likeness (QED) is 0.713. The smallest absolute Gasteiger partial charge is 0.227 e. The Balaban J connectivity index is 1.53. The Kier molecular flexibility index (Phi) is 6.39. The van der Waals surface area contributed by atoms with Crippen molar-refractivity contribution in [1.29, 1.82) is 0 Å². The molecule has 144 valence electrons. The summed E-state index contributed by atoms with van der Waals surface area (Å²) in [7, 11) is 1.62. The first-order chi connectivity index (χ1) is 13.1. The number of methoxy groups -OCH3 is 1. The molecule has 0 bridgehead atoms. The zero-order valence-electron chi connectivity index (χ0n) is 15.6. The van der Waals surface area contributed by atoms with Gasteiger partial charge in [0, 0.05) is 31.0 Å². The van der Waals surface area contributed by atoms with Crippen LogP contribution in [0.2, 0.25) is 0 Å². The molecule has 0 saturated heterocycles. The maximum Gasteiger partial charge on any atom is 0.227 e. The lowest BCUT2D eigenvalue weighted by atomic mass is 10.2. The van der Waals surface area contributed by atoms with Crippen LogP contribution >= 0.6 is 11.3 Å². The van der Waals surface area contributed by atoms with Gasteiger partial charge in [-0.3, -0.25) is 9.59 Å². The third kappa shape index (κ3) is 5.26. The fourth-order valence-corrected chi connectivity index (χ4v) is 3.50. The number of nitrogens with one attached hydrogen (secondary N) is 1. The average Bonchev–Trinajstić information content (AvgIpc) is 3.44. The van der Waals surface area contributed by atoms with E-state index in [0.717, 1.165) is 35.6 Å². The van der Waals surface area contributed by atoms with Gasteiger partial charge in [0.05, 0.1) is 7.11 Å². The van der Waals surface area contributed by atoms with Gasteiger partial charge < -0.3 is 15.0 Å². The number of hydrogen-bond acceptors (Lipinski definition) is 6. The molecular weight excluding hydrogens is 364 g/mol. The van der Waals surface area contributed by atoms with Gasteiger partial charge in [0.25, 0.3) is 0 Å².